The van der Waals surface area contributed by atoms with Crippen LogP contribution in [0.25, 0.3) is 33.4 Å². The number of esters is 1. The SMILES string of the molecule is CO[C@@H](C)c1ncccc1-c1c2c3cc(ccc3n1CCO[C@H]1CCOC(C)(C)C1)-c1csc(n1)[C@@H](N1CCCC1)[C@H](NC(=O)[C@H]1OC[C@@H]1C)C(=O)N1CCC[C@H](N1)C(=O)OCC(C)(C)C2. The van der Waals surface area contributed by atoms with Crippen LogP contribution in [0.4, 0.5) is 0 Å². The first-order valence-electron chi connectivity index (χ1n) is 23.9. The molecule has 3 aromatic heterocycles. The van der Waals surface area contributed by atoms with Crippen LogP contribution in [0.15, 0.2) is 41.9 Å². The number of carbonyl (C=O) groups excluding carboxylic acids is 3. The first kappa shape index (κ1) is 46.8. The van der Waals surface area contributed by atoms with E-state index in [9.17, 15) is 14.4 Å². The summed E-state index contributed by atoms with van der Waals surface area (Å²) in [5, 5.41) is 8.54. The summed E-state index contributed by atoms with van der Waals surface area (Å²) in [5.41, 5.74) is 9.17. The predicted octanol–water partition coefficient (Wildman–Crippen LogP) is 6.79. The third-order valence-electron chi connectivity index (χ3n) is 14.1. The maximum atomic E-state index is 14.9. The van der Waals surface area contributed by atoms with E-state index >= 15 is 0 Å². The minimum Gasteiger partial charge on any atom is -0.464 e. The topological polar surface area (TPSA) is 159 Å². The minimum absolute atomic E-state index is 0.0303. The van der Waals surface area contributed by atoms with E-state index in [-0.39, 0.29) is 42.1 Å². The van der Waals surface area contributed by atoms with Crippen LogP contribution in [0, 0.1) is 11.3 Å². The monoisotopic (exact) mass is 925 g/mol. The lowest BCUT2D eigenvalue weighted by atomic mass is 9.84. The van der Waals surface area contributed by atoms with Gasteiger partial charge in [0.05, 0.1) is 60.8 Å². The lowest BCUT2D eigenvalue weighted by molar-refractivity contribution is -0.162. The van der Waals surface area contributed by atoms with Crippen molar-refractivity contribution in [2.45, 2.75) is 135 Å². The number of amides is 2. The largest absolute Gasteiger partial charge is 0.464 e. The van der Waals surface area contributed by atoms with Crippen molar-refractivity contribution in [2.75, 3.05) is 53.2 Å². The number of aromatic nitrogens is 3. The molecular formula is C50H67N7O8S. The van der Waals surface area contributed by atoms with E-state index in [0.717, 1.165) is 88.5 Å². The number of thiazole rings is 1. The molecule has 2 N–H and O–H groups in total. The van der Waals surface area contributed by atoms with E-state index in [0.29, 0.717) is 52.2 Å². The van der Waals surface area contributed by atoms with Gasteiger partial charge in [-0.3, -0.25) is 29.3 Å². The molecule has 5 aliphatic heterocycles. The van der Waals surface area contributed by atoms with Gasteiger partial charge in [0.25, 0.3) is 5.91 Å². The van der Waals surface area contributed by atoms with Crippen molar-refractivity contribution in [3.05, 3.63) is 58.2 Å². The fraction of sp³-hybridized carbons (Fsp3) is 0.620. The molecule has 15 nitrogen and oxygen atoms in total. The number of nitrogens with one attached hydrogen (secondary N) is 2. The van der Waals surface area contributed by atoms with Crippen LogP contribution in [0.5, 0.6) is 0 Å². The molecule has 0 radical (unpaired) electrons. The van der Waals surface area contributed by atoms with E-state index in [1.165, 1.54) is 16.3 Å². The molecular weight excluding hydrogens is 859 g/mol. The highest BCUT2D eigenvalue weighted by atomic mass is 32.1. The number of cyclic esters (lactones) is 1. The highest BCUT2D eigenvalue weighted by Gasteiger charge is 2.45. The molecule has 9 rings (SSSR count). The van der Waals surface area contributed by atoms with Crippen LogP contribution < -0.4 is 10.7 Å². The van der Waals surface area contributed by atoms with Gasteiger partial charge in [0.2, 0.25) is 5.91 Å². The summed E-state index contributed by atoms with van der Waals surface area (Å²) < 4.78 is 32.9. The highest BCUT2D eigenvalue weighted by Crippen LogP contribution is 2.43. The number of rotatable bonds is 10. The number of ether oxygens (including phenoxy) is 5. The average Bonchev–Trinajstić information content (AvgIpc) is 4.07. The van der Waals surface area contributed by atoms with Gasteiger partial charge in [-0.15, -0.1) is 11.3 Å². The molecule has 66 heavy (non-hydrogen) atoms. The van der Waals surface area contributed by atoms with E-state index < -0.39 is 35.6 Å². The van der Waals surface area contributed by atoms with Crippen LogP contribution in [0.3, 0.4) is 0 Å². The maximum Gasteiger partial charge on any atom is 0.324 e. The molecule has 8 heterocycles. The normalized spacial score (nSPS) is 27.5. The lowest BCUT2D eigenvalue weighted by Gasteiger charge is -2.40. The Bertz CT molecular complexity index is 2410. The number of hydrogen-bond donors (Lipinski definition) is 2. The lowest BCUT2D eigenvalue weighted by Crippen LogP contribution is -2.64. The summed E-state index contributed by atoms with van der Waals surface area (Å²) in [6.45, 7) is 16.8. The van der Waals surface area contributed by atoms with Crippen LogP contribution >= 0.6 is 11.3 Å². The first-order valence-corrected chi connectivity index (χ1v) is 24.8. The zero-order chi connectivity index (χ0) is 46.3. The number of hydrazine groups is 1. The van der Waals surface area contributed by atoms with Crippen molar-refractivity contribution < 1.29 is 38.1 Å². The summed E-state index contributed by atoms with van der Waals surface area (Å²) in [6.07, 6.45) is 6.25. The van der Waals surface area contributed by atoms with Crippen molar-refractivity contribution in [1.82, 2.24) is 35.2 Å². The Morgan fingerprint density at radius 2 is 1.91 bits per heavy atom. The summed E-state index contributed by atoms with van der Waals surface area (Å²) in [7, 11) is 1.71. The second kappa shape index (κ2) is 19.4. The Morgan fingerprint density at radius 3 is 2.65 bits per heavy atom. The Balaban J connectivity index is 1.19. The first-order chi connectivity index (χ1) is 31.7. The van der Waals surface area contributed by atoms with E-state index in [2.05, 4.69) is 77.6 Å². The van der Waals surface area contributed by atoms with Gasteiger partial charge >= 0.3 is 5.97 Å². The number of likely N-dealkylation sites (tertiary alicyclic amines) is 1. The van der Waals surface area contributed by atoms with E-state index in [1.807, 2.05) is 26.1 Å². The minimum atomic E-state index is -0.991. The fourth-order valence-corrected chi connectivity index (χ4v) is 11.5. The van der Waals surface area contributed by atoms with Crippen molar-refractivity contribution >= 4 is 40.0 Å². The summed E-state index contributed by atoms with van der Waals surface area (Å²) in [5.74, 6) is -1.02. The van der Waals surface area contributed by atoms with Crippen molar-refractivity contribution in [3.8, 4) is 22.5 Å². The number of hydrogen-bond acceptors (Lipinski definition) is 13. The number of nitrogens with zero attached hydrogens (tertiary/aromatic N) is 5. The predicted molar refractivity (Wildman–Crippen MR) is 251 cm³/mol. The Morgan fingerprint density at radius 1 is 1.09 bits per heavy atom. The molecule has 356 valence electrons. The molecule has 1 aromatic carbocycles. The molecule has 0 spiro atoms. The van der Waals surface area contributed by atoms with Gasteiger partial charge in [0.1, 0.15) is 23.2 Å². The zero-order valence-corrected chi connectivity index (χ0v) is 40.4. The molecule has 0 unspecified atom stereocenters. The van der Waals surface area contributed by atoms with Crippen molar-refractivity contribution in [2.24, 2.45) is 11.3 Å². The average molecular weight is 926 g/mol. The second-order valence-electron chi connectivity index (χ2n) is 20.4. The number of fused-ring (bicyclic) bond motifs is 6. The summed E-state index contributed by atoms with van der Waals surface area (Å²) in [4.78, 5) is 55.5. The zero-order valence-electron chi connectivity index (χ0n) is 39.6. The molecule has 6 bridgehead atoms. The van der Waals surface area contributed by atoms with Gasteiger partial charge in [0, 0.05) is 78.2 Å². The van der Waals surface area contributed by atoms with Crippen LogP contribution in [-0.2, 0) is 51.0 Å². The number of benzene rings is 1. The fourth-order valence-electron chi connectivity index (χ4n) is 10.5. The third-order valence-corrected chi connectivity index (χ3v) is 15.0. The number of pyridine rings is 1. The summed E-state index contributed by atoms with van der Waals surface area (Å²) >= 11 is 1.51. The van der Waals surface area contributed by atoms with Crippen LogP contribution in [-0.4, -0.2) is 125 Å². The number of carbonyl (C=O) groups is 3. The Hall–Kier alpha value is -4.29. The highest BCUT2D eigenvalue weighted by molar-refractivity contribution is 7.10. The molecule has 2 amide bonds. The van der Waals surface area contributed by atoms with Gasteiger partial charge in [-0.2, -0.15) is 0 Å². The Labute approximate surface area is 392 Å². The molecule has 4 saturated heterocycles. The number of methoxy groups -OCH3 is 1. The van der Waals surface area contributed by atoms with Gasteiger partial charge in [-0.25, -0.2) is 10.4 Å². The summed E-state index contributed by atoms with van der Waals surface area (Å²) in [6, 6.07) is 8.36. The van der Waals surface area contributed by atoms with Gasteiger partial charge in [-0.1, -0.05) is 26.8 Å². The molecule has 0 saturated carbocycles. The van der Waals surface area contributed by atoms with Gasteiger partial charge in [0.15, 0.2) is 0 Å². The van der Waals surface area contributed by atoms with Crippen molar-refractivity contribution in [1.29, 1.82) is 0 Å². The van der Waals surface area contributed by atoms with Crippen LogP contribution in [0.2, 0.25) is 0 Å². The van der Waals surface area contributed by atoms with Gasteiger partial charge < -0.3 is 33.6 Å². The molecule has 4 fully saturated rings. The molecule has 4 aromatic rings. The van der Waals surface area contributed by atoms with Crippen molar-refractivity contribution in [3.63, 3.8) is 0 Å². The molecule has 5 aliphatic rings. The van der Waals surface area contributed by atoms with Gasteiger partial charge in [-0.05, 0) is 102 Å². The van der Waals surface area contributed by atoms with E-state index in [4.69, 9.17) is 33.7 Å². The molecule has 16 heteroatoms. The Kier molecular flexibility index (Phi) is 13.7. The molecule has 0 aliphatic carbocycles. The maximum absolute atomic E-state index is 14.9. The quantitative estimate of drug-likeness (QED) is 0.161. The smallest absolute Gasteiger partial charge is 0.324 e. The third kappa shape index (κ3) is 9.69. The van der Waals surface area contributed by atoms with Crippen LogP contribution in [0.1, 0.15) is 108 Å². The van der Waals surface area contributed by atoms with E-state index in [1.54, 1.807) is 7.11 Å². The molecule has 7 atom stereocenters. The second-order valence-corrected chi connectivity index (χ2v) is 21.2. The standard InChI is InChI=1S/C50H67N7O8S/c1-30-27-63-44(30)45(58)53-41-43(55-18-8-9-19-55)46-52-38(28-66-46)32-14-15-39-35(24-32)36(26-49(3,4)29-64-48(60)37-13-11-20-57(54-37)47(41)59)42(34-12-10-17-51-40(34)31(2)61-7)56(39)21-23-62-33-16-22-65-50(5,6)25-33/h10,12,14-15,17,24,28,30-31,33,37,41,43-44,54H,8-9,11,13,16,18-23,25-27,29H2,1-7H3,(H,53,58)/t30-,31-,33-,37-,41-,43-,44-/m0/s1.